The number of rotatable bonds is 4. The van der Waals surface area contributed by atoms with Gasteiger partial charge in [0.1, 0.15) is 11.5 Å². The predicted molar refractivity (Wildman–Crippen MR) is 67.6 cm³/mol. The van der Waals surface area contributed by atoms with Crippen molar-refractivity contribution in [1.82, 2.24) is 5.16 Å². The number of nitrogens with zero attached hydrogens (tertiary/aromatic N) is 1. The van der Waals surface area contributed by atoms with E-state index in [0.29, 0.717) is 22.9 Å². The lowest BCUT2D eigenvalue weighted by molar-refractivity contribution is -0.136. The smallest absolute Gasteiger partial charge is 0.303 e. The average molecular weight is 266 g/mol. The van der Waals surface area contributed by atoms with Gasteiger partial charge >= 0.3 is 5.97 Å². The van der Waals surface area contributed by atoms with Crippen molar-refractivity contribution in [2.75, 3.05) is 0 Å². The van der Waals surface area contributed by atoms with E-state index in [-0.39, 0.29) is 6.42 Å². The Kier molecular flexibility index (Phi) is 3.67. The predicted octanol–water partition coefficient (Wildman–Crippen LogP) is 3.32. The molecule has 0 spiro atoms. The number of carbonyl (C=O) groups is 1. The van der Waals surface area contributed by atoms with Crippen molar-refractivity contribution in [2.24, 2.45) is 0 Å². The molecular formula is C13H12ClNO3. The SMILES string of the molecule is Cc1onc(-c2ccccc2Cl)c1CCC(=O)O. The molecule has 1 heterocycles. The minimum atomic E-state index is -0.847. The van der Waals surface area contributed by atoms with Gasteiger partial charge in [-0.15, -0.1) is 0 Å². The van der Waals surface area contributed by atoms with E-state index in [0.717, 1.165) is 11.1 Å². The third-order valence-corrected chi connectivity index (χ3v) is 3.03. The van der Waals surface area contributed by atoms with Crippen LogP contribution in [0.2, 0.25) is 5.02 Å². The summed E-state index contributed by atoms with van der Waals surface area (Å²) in [4.78, 5) is 10.6. The van der Waals surface area contributed by atoms with Crippen LogP contribution in [0.4, 0.5) is 0 Å². The van der Waals surface area contributed by atoms with Gasteiger partial charge in [-0.1, -0.05) is 35.0 Å². The maximum Gasteiger partial charge on any atom is 0.303 e. The van der Waals surface area contributed by atoms with Crippen LogP contribution in [0.5, 0.6) is 0 Å². The summed E-state index contributed by atoms with van der Waals surface area (Å²) in [7, 11) is 0. The van der Waals surface area contributed by atoms with Gasteiger partial charge < -0.3 is 9.63 Å². The molecule has 2 rings (SSSR count). The molecule has 1 N–H and O–H groups in total. The van der Waals surface area contributed by atoms with Crippen LogP contribution in [0, 0.1) is 6.92 Å². The minimum absolute atomic E-state index is 0.0412. The molecule has 0 aliphatic rings. The largest absolute Gasteiger partial charge is 0.481 e. The molecule has 1 aromatic carbocycles. The van der Waals surface area contributed by atoms with Gasteiger partial charge in [-0.3, -0.25) is 4.79 Å². The summed E-state index contributed by atoms with van der Waals surface area (Å²) in [6, 6.07) is 7.29. The second kappa shape index (κ2) is 5.23. The van der Waals surface area contributed by atoms with Crippen molar-refractivity contribution in [2.45, 2.75) is 19.8 Å². The van der Waals surface area contributed by atoms with Gasteiger partial charge in [-0.05, 0) is 19.4 Å². The topological polar surface area (TPSA) is 63.3 Å². The number of hydrogen-bond acceptors (Lipinski definition) is 3. The highest BCUT2D eigenvalue weighted by atomic mass is 35.5. The number of hydrogen-bond donors (Lipinski definition) is 1. The van der Waals surface area contributed by atoms with Crippen LogP contribution in [0.15, 0.2) is 28.8 Å². The maximum atomic E-state index is 10.6. The Morgan fingerprint density at radius 1 is 1.44 bits per heavy atom. The summed E-state index contributed by atoms with van der Waals surface area (Å²) in [6.07, 6.45) is 0.421. The van der Waals surface area contributed by atoms with Gasteiger partial charge in [0.15, 0.2) is 0 Å². The Morgan fingerprint density at radius 3 is 2.83 bits per heavy atom. The number of halogens is 1. The zero-order chi connectivity index (χ0) is 13.1. The van der Waals surface area contributed by atoms with Gasteiger partial charge in [0, 0.05) is 17.5 Å². The van der Waals surface area contributed by atoms with Crippen LogP contribution in [-0.4, -0.2) is 16.2 Å². The Balaban J connectivity index is 2.40. The molecular weight excluding hydrogens is 254 g/mol. The van der Waals surface area contributed by atoms with Gasteiger partial charge in [-0.2, -0.15) is 0 Å². The molecule has 0 saturated heterocycles. The number of carboxylic acid groups (broad SMARTS) is 1. The maximum absolute atomic E-state index is 10.6. The van der Waals surface area contributed by atoms with Gasteiger partial charge in [-0.25, -0.2) is 0 Å². The molecule has 0 aliphatic heterocycles. The lowest BCUT2D eigenvalue weighted by Gasteiger charge is -2.03. The lowest BCUT2D eigenvalue weighted by Crippen LogP contribution is -1.99. The summed E-state index contributed by atoms with van der Waals surface area (Å²) >= 11 is 6.10. The summed E-state index contributed by atoms with van der Waals surface area (Å²) in [5.74, 6) is -0.216. The molecule has 5 heteroatoms. The molecule has 0 atom stereocenters. The molecule has 18 heavy (non-hydrogen) atoms. The van der Waals surface area contributed by atoms with E-state index in [1.54, 1.807) is 13.0 Å². The van der Waals surface area contributed by atoms with Crippen LogP contribution in [0.1, 0.15) is 17.7 Å². The quantitative estimate of drug-likeness (QED) is 0.921. The van der Waals surface area contributed by atoms with Crippen molar-refractivity contribution in [3.63, 3.8) is 0 Å². The van der Waals surface area contributed by atoms with E-state index < -0.39 is 5.97 Å². The highest BCUT2D eigenvalue weighted by Crippen LogP contribution is 2.31. The second-order valence-corrected chi connectivity index (χ2v) is 4.35. The van der Waals surface area contributed by atoms with Crippen molar-refractivity contribution >= 4 is 17.6 Å². The van der Waals surface area contributed by atoms with Crippen molar-refractivity contribution < 1.29 is 14.4 Å². The molecule has 94 valence electrons. The first kappa shape index (κ1) is 12.6. The number of carboxylic acids is 1. The van der Waals surface area contributed by atoms with E-state index >= 15 is 0 Å². The van der Waals surface area contributed by atoms with Gasteiger partial charge in [0.25, 0.3) is 0 Å². The van der Waals surface area contributed by atoms with E-state index in [1.165, 1.54) is 0 Å². The zero-order valence-electron chi connectivity index (χ0n) is 9.81. The third-order valence-electron chi connectivity index (χ3n) is 2.70. The molecule has 0 bridgehead atoms. The van der Waals surface area contributed by atoms with Crippen molar-refractivity contribution in [1.29, 1.82) is 0 Å². The Hall–Kier alpha value is -1.81. The molecule has 1 aromatic heterocycles. The molecule has 0 fully saturated rings. The summed E-state index contributed by atoms with van der Waals surface area (Å²) in [5, 5.41) is 13.3. The summed E-state index contributed by atoms with van der Waals surface area (Å²) in [6.45, 7) is 1.77. The molecule has 0 unspecified atom stereocenters. The standard InChI is InChI=1S/C13H12ClNO3/c1-8-9(6-7-12(16)17)13(15-18-8)10-4-2-3-5-11(10)14/h2-5H,6-7H2,1H3,(H,16,17). The van der Waals surface area contributed by atoms with Crippen molar-refractivity contribution in [3.8, 4) is 11.3 Å². The van der Waals surface area contributed by atoms with Gasteiger partial charge in [0.2, 0.25) is 0 Å². The van der Waals surface area contributed by atoms with Crippen LogP contribution in [0.25, 0.3) is 11.3 Å². The normalized spacial score (nSPS) is 10.6. The van der Waals surface area contributed by atoms with E-state index in [2.05, 4.69) is 5.16 Å². The van der Waals surface area contributed by atoms with Crippen LogP contribution < -0.4 is 0 Å². The molecule has 0 radical (unpaired) electrons. The van der Waals surface area contributed by atoms with Crippen LogP contribution in [-0.2, 0) is 11.2 Å². The van der Waals surface area contributed by atoms with Gasteiger partial charge in [0.05, 0.1) is 5.02 Å². The minimum Gasteiger partial charge on any atom is -0.481 e. The fourth-order valence-electron chi connectivity index (χ4n) is 1.78. The first-order valence-corrected chi connectivity index (χ1v) is 5.89. The summed E-state index contributed by atoms with van der Waals surface area (Å²) < 4.78 is 5.14. The molecule has 0 amide bonds. The Bertz CT molecular complexity index is 577. The third kappa shape index (κ3) is 2.54. The van der Waals surface area contributed by atoms with E-state index in [1.807, 2.05) is 18.2 Å². The molecule has 2 aromatic rings. The fraction of sp³-hybridized carbons (Fsp3) is 0.231. The zero-order valence-corrected chi connectivity index (χ0v) is 10.6. The first-order chi connectivity index (χ1) is 8.59. The number of aromatic nitrogens is 1. The number of aryl methyl sites for hydroxylation is 1. The molecule has 0 saturated carbocycles. The van der Waals surface area contributed by atoms with Crippen LogP contribution >= 0.6 is 11.6 Å². The fourth-order valence-corrected chi connectivity index (χ4v) is 2.01. The van der Waals surface area contributed by atoms with E-state index in [4.69, 9.17) is 21.2 Å². The highest BCUT2D eigenvalue weighted by molar-refractivity contribution is 6.33. The second-order valence-electron chi connectivity index (χ2n) is 3.94. The van der Waals surface area contributed by atoms with Crippen LogP contribution in [0.3, 0.4) is 0 Å². The lowest BCUT2D eigenvalue weighted by atomic mass is 10.0. The number of benzene rings is 1. The Morgan fingerprint density at radius 2 is 2.17 bits per heavy atom. The van der Waals surface area contributed by atoms with Crippen molar-refractivity contribution in [3.05, 3.63) is 40.6 Å². The monoisotopic (exact) mass is 265 g/mol. The highest BCUT2D eigenvalue weighted by Gasteiger charge is 2.17. The summed E-state index contributed by atoms with van der Waals surface area (Å²) in [5.41, 5.74) is 2.18. The number of aliphatic carboxylic acids is 1. The first-order valence-electron chi connectivity index (χ1n) is 5.51. The average Bonchev–Trinajstić information content (AvgIpc) is 2.68. The molecule has 0 aliphatic carbocycles. The molecule has 4 nitrogen and oxygen atoms in total. The Labute approximate surface area is 109 Å². The van der Waals surface area contributed by atoms with E-state index in [9.17, 15) is 4.79 Å².